The van der Waals surface area contributed by atoms with E-state index in [1.165, 1.54) is 0 Å². The van der Waals surface area contributed by atoms with Crippen molar-refractivity contribution in [1.29, 1.82) is 0 Å². The molecule has 0 saturated carbocycles. The van der Waals surface area contributed by atoms with Gasteiger partial charge in [-0.2, -0.15) is 0 Å². The van der Waals surface area contributed by atoms with Crippen LogP contribution in [0.15, 0.2) is 0 Å². The van der Waals surface area contributed by atoms with E-state index in [9.17, 15) is 4.79 Å². The number of ether oxygens (including phenoxy) is 1. The van der Waals surface area contributed by atoms with Crippen LogP contribution in [0.1, 0.15) is 34.6 Å². The van der Waals surface area contributed by atoms with E-state index in [0.29, 0.717) is 5.54 Å². The Morgan fingerprint density at radius 3 is 2.29 bits per heavy atom. The lowest BCUT2D eigenvalue weighted by Crippen LogP contribution is -2.38. The molecule has 14 heavy (non-hydrogen) atoms. The standard InChI is InChI=1S/C10H23NO2Si/c1-6-11(7-8(2)14)9(12)13-10(3,4)5/h8H,6-7H2,1-5,14H3/t8-/m0/s1. The molecule has 0 bridgehead atoms. The molecule has 0 aliphatic heterocycles. The van der Waals surface area contributed by atoms with Crippen LogP contribution in [-0.4, -0.2) is 39.9 Å². The van der Waals surface area contributed by atoms with E-state index in [4.69, 9.17) is 4.74 Å². The Labute approximate surface area is 90.2 Å². The number of nitrogens with zero attached hydrogens (tertiary/aromatic N) is 1. The van der Waals surface area contributed by atoms with E-state index in [-0.39, 0.29) is 11.7 Å². The number of hydrogen-bond donors (Lipinski definition) is 0. The fourth-order valence-electron chi connectivity index (χ4n) is 1.10. The monoisotopic (exact) mass is 217 g/mol. The molecule has 0 aromatic rings. The number of carbonyl (C=O) groups is 1. The van der Waals surface area contributed by atoms with E-state index in [0.717, 1.165) is 23.3 Å². The smallest absolute Gasteiger partial charge is 0.410 e. The summed E-state index contributed by atoms with van der Waals surface area (Å²) in [5, 5.41) is 0. The third kappa shape index (κ3) is 6.02. The molecule has 0 saturated heterocycles. The zero-order chi connectivity index (χ0) is 11.4. The molecule has 0 rings (SSSR count). The molecule has 0 radical (unpaired) electrons. The highest BCUT2D eigenvalue weighted by Crippen LogP contribution is 2.11. The third-order valence-corrected chi connectivity index (χ3v) is 1.98. The van der Waals surface area contributed by atoms with Crippen LogP contribution in [0.25, 0.3) is 0 Å². The molecule has 0 aromatic heterocycles. The van der Waals surface area contributed by atoms with Gasteiger partial charge in [-0.25, -0.2) is 4.79 Å². The summed E-state index contributed by atoms with van der Waals surface area (Å²) in [5.41, 5.74) is 0.223. The Hall–Kier alpha value is -0.513. The lowest BCUT2D eigenvalue weighted by Gasteiger charge is -2.27. The van der Waals surface area contributed by atoms with Gasteiger partial charge in [0.1, 0.15) is 5.60 Å². The van der Waals surface area contributed by atoms with Crippen molar-refractivity contribution in [3.05, 3.63) is 0 Å². The van der Waals surface area contributed by atoms with E-state index >= 15 is 0 Å². The second-order valence-corrected chi connectivity index (χ2v) is 6.88. The normalized spacial score (nSPS) is 13.8. The van der Waals surface area contributed by atoms with Crippen molar-refractivity contribution < 1.29 is 9.53 Å². The van der Waals surface area contributed by atoms with Gasteiger partial charge in [-0.1, -0.05) is 6.92 Å². The molecule has 0 aliphatic carbocycles. The second kappa shape index (κ2) is 5.39. The zero-order valence-electron chi connectivity index (χ0n) is 10.3. The Balaban J connectivity index is 4.18. The van der Waals surface area contributed by atoms with Crippen LogP contribution < -0.4 is 0 Å². The van der Waals surface area contributed by atoms with Gasteiger partial charge in [0.15, 0.2) is 0 Å². The van der Waals surface area contributed by atoms with Gasteiger partial charge in [-0.15, -0.1) is 0 Å². The minimum atomic E-state index is -0.390. The van der Waals surface area contributed by atoms with Gasteiger partial charge in [-0.05, 0) is 33.2 Å². The Kier molecular flexibility index (Phi) is 5.19. The first kappa shape index (κ1) is 13.5. The molecule has 0 aliphatic rings. The molecule has 1 atom stereocenters. The predicted molar refractivity (Wildman–Crippen MR) is 62.8 cm³/mol. The Morgan fingerprint density at radius 1 is 1.50 bits per heavy atom. The summed E-state index contributed by atoms with van der Waals surface area (Å²) in [7, 11) is 1.11. The van der Waals surface area contributed by atoms with Crippen LogP contribution in [0, 0.1) is 0 Å². The highest BCUT2D eigenvalue weighted by molar-refractivity contribution is 6.11. The van der Waals surface area contributed by atoms with Crippen LogP contribution >= 0.6 is 0 Å². The van der Waals surface area contributed by atoms with E-state index in [1.807, 2.05) is 27.7 Å². The molecule has 0 N–H and O–H groups in total. The van der Waals surface area contributed by atoms with Crippen molar-refractivity contribution in [1.82, 2.24) is 4.90 Å². The summed E-state index contributed by atoms with van der Waals surface area (Å²) >= 11 is 0. The largest absolute Gasteiger partial charge is 0.444 e. The van der Waals surface area contributed by atoms with Crippen LogP contribution in [0.4, 0.5) is 4.79 Å². The van der Waals surface area contributed by atoms with Crippen molar-refractivity contribution in [3.8, 4) is 0 Å². The first-order valence-electron chi connectivity index (χ1n) is 5.24. The topological polar surface area (TPSA) is 29.5 Å². The zero-order valence-corrected chi connectivity index (χ0v) is 12.3. The van der Waals surface area contributed by atoms with Crippen molar-refractivity contribution in [2.24, 2.45) is 0 Å². The molecular weight excluding hydrogens is 194 g/mol. The summed E-state index contributed by atoms with van der Waals surface area (Å²) in [6.07, 6.45) is -0.192. The molecule has 4 heteroatoms. The summed E-state index contributed by atoms with van der Waals surface area (Å²) in [4.78, 5) is 13.4. The van der Waals surface area contributed by atoms with E-state index < -0.39 is 0 Å². The summed E-state index contributed by atoms with van der Waals surface area (Å²) in [6.45, 7) is 11.3. The van der Waals surface area contributed by atoms with Crippen LogP contribution in [0.3, 0.4) is 0 Å². The maximum Gasteiger partial charge on any atom is 0.410 e. The highest BCUT2D eigenvalue weighted by atomic mass is 28.1. The second-order valence-electron chi connectivity index (χ2n) is 4.91. The predicted octanol–water partition coefficient (Wildman–Crippen LogP) is 1.42. The quantitative estimate of drug-likeness (QED) is 0.669. The number of carbonyl (C=O) groups excluding carboxylic acids is 1. The summed E-state index contributed by atoms with van der Waals surface area (Å²) in [5.74, 6) is 0. The Morgan fingerprint density at radius 2 is 2.00 bits per heavy atom. The van der Waals surface area contributed by atoms with E-state index in [1.54, 1.807) is 4.90 Å². The van der Waals surface area contributed by atoms with Gasteiger partial charge in [0.05, 0.1) is 0 Å². The molecule has 84 valence electrons. The lowest BCUT2D eigenvalue weighted by atomic mass is 10.2. The highest BCUT2D eigenvalue weighted by Gasteiger charge is 2.21. The van der Waals surface area contributed by atoms with Gasteiger partial charge >= 0.3 is 6.09 Å². The number of rotatable bonds is 3. The molecule has 0 aromatic carbocycles. The van der Waals surface area contributed by atoms with Crippen molar-refractivity contribution in [3.63, 3.8) is 0 Å². The average Bonchev–Trinajstić information content (AvgIpc) is 1.96. The molecule has 0 fully saturated rings. The molecule has 3 nitrogen and oxygen atoms in total. The van der Waals surface area contributed by atoms with E-state index in [2.05, 4.69) is 6.92 Å². The Bertz CT molecular complexity index is 187. The maximum absolute atomic E-state index is 11.6. The minimum Gasteiger partial charge on any atom is -0.444 e. The first-order valence-corrected chi connectivity index (χ1v) is 6.39. The van der Waals surface area contributed by atoms with Gasteiger partial charge < -0.3 is 9.64 Å². The van der Waals surface area contributed by atoms with Gasteiger partial charge in [0, 0.05) is 23.3 Å². The summed E-state index contributed by atoms with van der Waals surface area (Å²) < 4.78 is 5.29. The third-order valence-electron chi connectivity index (χ3n) is 1.62. The minimum absolute atomic E-state index is 0.192. The molecular formula is C10H23NO2Si. The average molecular weight is 217 g/mol. The van der Waals surface area contributed by atoms with Gasteiger partial charge in [0.25, 0.3) is 0 Å². The first-order chi connectivity index (χ1) is 6.26. The lowest BCUT2D eigenvalue weighted by molar-refractivity contribution is 0.0260. The van der Waals surface area contributed by atoms with Gasteiger partial charge in [0.2, 0.25) is 0 Å². The van der Waals surface area contributed by atoms with Crippen molar-refractivity contribution in [2.45, 2.75) is 45.8 Å². The van der Waals surface area contributed by atoms with Crippen LogP contribution in [0.2, 0.25) is 5.54 Å². The fraction of sp³-hybridized carbons (Fsp3) is 0.900. The SMILES string of the molecule is CCN(C[C@H](C)[SiH3])C(=O)OC(C)(C)C. The number of hydrogen-bond acceptors (Lipinski definition) is 2. The van der Waals surface area contributed by atoms with Crippen molar-refractivity contribution >= 4 is 16.3 Å². The molecule has 0 spiro atoms. The molecule has 0 heterocycles. The number of amides is 1. The van der Waals surface area contributed by atoms with Crippen LogP contribution in [-0.2, 0) is 4.74 Å². The van der Waals surface area contributed by atoms with Gasteiger partial charge in [-0.3, -0.25) is 0 Å². The summed E-state index contributed by atoms with van der Waals surface area (Å²) in [6, 6.07) is 0. The van der Waals surface area contributed by atoms with Crippen molar-refractivity contribution in [2.75, 3.05) is 13.1 Å². The molecule has 0 unspecified atom stereocenters. The fourth-order valence-corrected chi connectivity index (χ4v) is 1.54. The maximum atomic E-state index is 11.6. The van der Waals surface area contributed by atoms with Crippen LogP contribution in [0.5, 0.6) is 0 Å². The molecule has 1 amide bonds.